The Morgan fingerprint density at radius 2 is 1.79 bits per heavy atom. The average Bonchev–Trinajstić information content (AvgIpc) is 2.87. The molecule has 0 radical (unpaired) electrons. The van der Waals surface area contributed by atoms with E-state index >= 15 is 0 Å². The molecule has 3 aromatic carbocycles. The van der Waals surface area contributed by atoms with Crippen LogP contribution in [0.2, 0.25) is 5.02 Å². The molecule has 2 N–H and O–H groups in total. The quantitative estimate of drug-likeness (QED) is 0.206. The van der Waals surface area contributed by atoms with Gasteiger partial charge in [-0.25, -0.2) is 9.36 Å². The molecule has 0 aliphatic heterocycles. The van der Waals surface area contributed by atoms with Gasteiger partial charge in [-0.1, -0.05) is 59.8 Å². The Morgan fingerprint density at radius 3 is 2.46 bits per heavy atom. The Kier molecular flexibility index (Phi) is 11.1. The van der Waals surface area contributed by atoms with Crippen molar-refractivity contribution in [3.63, 3.8) is 0 Å². The molecule has 1 amide bonds. The maximum Gasteiger partial charge on any atom is 0.408 e. The first kappa shape index (κ1) is 30.8. The van der Waals surface area contributed by atoms with Gasteiger partial charge >= 0.3 is 14.8 Å². The van der Waals surface area contributed by atoms with Gasteiger partial charge in [0.05, 0.1) is 17.0 Å². The highest BCUT2D eigenvalue weighted by molar-refractivity contribution is 7.99. The maximum atomic E-state index is 12.4. The van der Waals surface area contributed by atoms with Crippen LogP contribution in [0.25, 0.3) is 0 Å². The van der Waals surface area contributed by atoms with Gasteiger partial charge in [0.1, 0.15) is 23.7 Å². The van der Waals surface area contributed by atoms with Gasteiger partial charge in [-0.3, -0.25) is 4.52 Å². The molecule has 1 atom stereocenters. The van der Waals surface area contributed by atoms with Crippen LogP contribution in [-0.2, 0) is 26.9 Å². The van der Waals surface area contributed by atoms with Crippen molar-refractivity contribution >= 4 is 38.1 Å². The lowest BCUT2D eigenvalue weighted by atomic mass is 9.94. The van der Waals surface area contributed by atoms with E-state index < -0.39 is 25.9 Å². The Labute approximate surface area is 240 Å². The number of hydrogen-bond acceptors (Lipinski definition) is 7. The molecule has 7 nitrogen and oxygen atoms in total. The monoisotopic (exact) mass is 589 g/mol. The summed E-state index contributed by atoms with van der Waals surface area (Å²) in [5, 5.41) is 13.8. The second kappa shape index (κ2) is 14.0. The highest BCUT2D eigenvalue weighted by Crippen LogP contribution is 2.38. The minimum absolute atomic E-state index is 0.0326. The Hall–Kier alpha value is -2.77. The molecule has 0 fully saturated rings. The topological polar surface area (TPSA) is 94.1 Å². The van der Waals surface area contributed by atoms with Gasteiger partial charge in [0.2, 0.25) is 0 Å². The first-order valence-electron chi connectivity index (χ1n) is 12.4. The van der Waals surface area contributed by atoms with Gasteiger partial charge in [-0.05, 0) is 82.0 Å². The first-order chi connectivity index (χ1) is 18.5. The zero-order chi connectivity index (χ0) is 28.5. The number of carbonyl (C=O) groups excluding carboxylic acids is 1. The number of halogens is 1. The third-order valence-electron chi connectivity index (χ3n) is 5.62. The predicted octanol–water partition coefficient (Wildman–Crippen LogP) is 8.22. The van der Waals surface area contributed by atoms with E-state index in [1.54, 1.807) is 45.9 Å². The molecule has 10 heteroatoms. The number of nitrogens with one attached hydrogen (secondary N) is 1. The Balaban J connectivity index is 1.65. The third kappa shape index (κ3) is 10.4. The largest absolute Gasteiger partial charge is 0.507 e. The summed E-state index contributed by atoms with van der Waals surface area (Å²) >= 11 is 7.99. The van der Waals surface area contributed by atoms with Crippen LogP contribution in [0.1, 0.15) is 45.2 Å². The number of phenolic OH excluding ortho intramolecular Hbond substituents is 1. The van der Waals surface area contributed by atoms with Crippen molar-refractivity contribution in [2.45, 2.75) is 68.1 Å². The minimum Gasteiger partial charge on any atom is -0.507 e. The molecular formula is C29H33ClNO6PS. The number of benzene rings is 3. The second-order valence-electron chi connectivity index (χ2n) is 10.3. The van der Waals surface area contributed by atoms with E-state index in [1.807, 2.05) is 48.5 Å². The number of alkyl carbamates (subject to hydrolysis) is 1. The molecule has 0 bridgehead atoms. The summed E-state index contributed by atoms with van der Waals surface area (Å²) in [5.74, 6) is 0.798. The molecule has 0 saturated carbocycles. The summed E-state index contributed by atoms with van der Waals surface area (Å²) in [6.45, 7) is 7.61. The molecule has 39 heavy (non-hydrogen) atoms. The number of amides is 1. The van der Waals surface area contributed by atoms with E-state index in [2.05, 4.69) is 5.32 Å². The molecule has 3 rings (SSSR count). The van der Waals surface area contributed by atoms with Gasteiger partial charge in [0.25, 0.3) is 0 Å². The number of carbonyl (C=O) groups is 1. The fourth-order valence-electron chi connectivity index (χ4n) is 3.63. The molecular weight excluding hydrogens is 557 g/mol. The molecule has 0 aliphatic carbocycles. The Morgan fingerprint density at radius 1 is 1.05 bits per heavy atom. The van der Waals surface area contributed by atoms with Gasteiger partial charge in [-0.15, -0.1) is 0 Å². The molecule has 208 valence electrons. The summed E-state index contributed by atoms with van der Waals surface area (Å²) in [6.07, 6.45) is 0.419. The summed E-state index contributed by atoms with van der Waals surface area (Å²) < 4.78 is 27.3. The molecule has 0 heterocycles. The number of phenols is 1. The van der Waals surface area contributed by atoms with Crippen LogP contribution in [-0.4, -0.2) is 28.9 Å². The lowest BCUT2D eigenvalue weighted by molar-refractivity contribution is 0.0424. The fraction of sp³-hybridized carbons (Fsp3) is 0.345. The fourth-order valence-corrected chi connectivity index (χ4v) is 5.22. The normalized spacial score (nSPS) is 13.1. The summed E-state index contributed by atoms with van der Waals surface area (Å²) in [7, 11) is -0.470. The van der Waals surface area contributed by atoms with Gasteiger partial charge < -0.3 is 19.9 Å². The van der Waals surface area contributed by atoms with Gasteiger partial charge in [0, 0.05) is 9.92 Å². The molecule has 0 aliphatic rings. The summed E-state index contributed by atoms with van der Waals surface area (Å²) in [6, 6.07) is 20.7. The van der Waals surface area contributed by atoms with Crippen molar-refractivity contribution in [1.82, 2.24) is 5.32 Å². The third-order valence-corrected chi connectivity index (χ3v) is 7.24. The lowest BCUT2D eigenvalue weighted by Gasteiger charge is -2.31. The van der Waals surface area contributed by atoms with Crippen molar-refractivity contribution in [1.29, 1.82) is 0 Å². The van der Waals surface area contributed by atoms with E-state index in [0.29, 0.717) is 35.1 Å². The van der Waals surface area contributed by atoms with E-state index in [9.17, 15) is 14.5 Å². The number of rotatable bonds is 12. The predicted molar refractivity (Wildman–Crippen MR) is 154 cm³/mol. The van der Waals surface area contributed by atoms with Crippen LogP contribution >= 0.6 is 32.0 Å². The van der Waals surface area contributed by atoms with Crippen molar-refractivity contribution in [3.05, 3.63) is 82.9 Å². The SMILES string of the molecule is CC(C)(C)OC(=O)N[C@@](C)(CCc1ccc(Sc2cc(OCc3ccccc3)ccc2O)cc1Cl)COP=O. The van der Waals surface area contributed by atoms with Gasteiger partial charge in [0.15, 0.2) is 0 Å². The maximum absolute atomic E-state index is 12.4. The highest BCUT2D eigenvalue weighted by Gasteiger charge is 2.30. The van der Waals surface area contributed by atoms with Crippen LogP contribution in [0, 0.1) is 0 Å². The van der Waals surface area contributed by atoms with Crippen LogP contribution < -0.4 is 10.1 Å². The van der Waals surface area contributed by atoms with Crippen LogP contribution in [0.3, 0.4) is 0 Å². The highest BCUT2D eigenvalue weighted by atomic mass is 35.5. The molecule has 0 spiro atoms. The second-order valence-corrected chi connectivity index (χ2v) is 12.2. The minimum atomic E-state index is -0.831. The van der Waals surface area contributed by atoms with E-state index in [0.717, 1.165) is 16.0 Å². The lowest BCUT2D eigenvalue weighted by Crippen LogP contribution is -2.51. The number of aromatic hydroxyl groups is 1. The molecule has 0 unspecified atom stereocenters. The standard InChI is InChI=1S/C29H33ClNO6PS/c1-28(2,3)37-27(33)31-29(4,19-36-38-34)15-14-21-10-12-23(17-24(21)30)39-26-16-22(11-13-25(26)32)35-18-20-8-6-5-7-9-20/h5-13,16-17,32H,14-15,18-19H2,1-4H3,(H,31,33)/t29-/m0/s1. The number of ether oxygens (including phenoxy) is 2. The van der Waals surface area contributed by atoms with E-state index in [1.165, 1.54) is 11.8 Å². The number of hydrogen-bond donors (Lipinski definition) is 2. The number of aryl methyl sites for hydroxylation is 1. The summed E-state index contributed by atoms with van der Waals surface area (Å²) in [5.41, 5.74) is 0.449. The Bertz CT molecular complexity index is 1270. The van der Waals surface area contributed by atoms with Crippen LogP contribution in [0.15, 0.2) is 76.5 Å². The van der Waals surface area contributed by atoms with Crippen molar-refractivity contribution in [2.24, 2.45) is 0 Å². The zero-order valence-corrected chi connectivity index (χ0v) is 24.9. The summed E-state index contributed by atoms with van der Waals surface area (Å²) in [4.78, 5) is 13.9. The first-order valence-corrected chi connectivity index (χ1v) is 14.3. The van der Waals surface area contributed by atoms with Crippen molar-refractivity contribution < 1.29 is 28.5 Å². The van der Waals surface area contributed by atoms with Crippen molar-refractivity contribution in [2.75, 3.05) is 6.61 Å². The zero-order valence-electron chi connectivity index (χ0n) is 22.4. The van der Waals surface area contributed by atoms with Crippen molar-refractivity contribution in [3.8, 4) is 11.5 Å². The van der Waals surface area contributed by atoms with Crippen LogP contribution in [0.5, 0.6) is 11.5 Å². The van der Waals surface area contributed by atoms with Gasteiger partial charge in [-0.2, -0.15) is 0 Å². The van der Waals surface area contributed by atoms with E-state index in [4.69, 9.17) is 25.6 Å². The smallest absolute Gasteiger partial charge is 0.408 e. The average molecular weight is 590 g/mol. The molecule has 0 aromatic heterocycles. The van der Waals surface area contributed by atoms with Crippen LogP contribution in [0.4, 0.5) is 4.79 Å². The molecule has 3 aromatic rings. The molecule has 0 saturated heterocycles. The van der Waals surface area contributed by atoms with E-state index in [-0.39, 0.29) is 12.4 Å².